The van der Waals surface area contributed by atoms with Crippen LogP contribution in [-0.2, 0) is 32.8 Å². The maximum Gasteiger partial charge on any atom is 0.404 e. The van der Waals surface area contributed by atoms with Crippen LogP contribution in [0.4, 0.5) is 4.79 Å². The molecule has 0 heterocycles. The Kier molecular flexibility index (Phi) is 24.3. The van der Waals surface area contributed by atoms with E-state index in [0.717, 1.165) is 12.8 Å². The number of carbonyl (C=O) groups is 3. The lowest BCUT2D eigenvalue weighted by Crippen LogP contribution is -2.50. The van der Waals surface area contributed by atoms with E-state index >= 15 is 0 Å². The number of carbonyl (C=O) groups excluding carboxylic acids is 3. The van der Waals surface area contributed by atoms with Crippen molar-refractivity contribution in [3.8, 4) is 0 Å². The Morgan fingerprint density at radius 3 is 1.67 bits per heavy atom. The van der Waals surface area contributed by atoms with Gasteiger partial charge in [0.15, 0.2) is 16.6 Å². The molecule has 0 saturated heterocycles. The summed E-state index contributed by atoms with van der Waals surface area (Å²) in [6, 6.07) is 0. The van der Waals surface area contributed by atoms with Gasteiger partial charge in [0.25, 0.3) is 0 Å². The van der Waals surface area contributed by atoms with Crippen molar-refractivity contribution in [3.05, 3.63) is 36.0 Å². The van der Waals surface area contributed by atoms with Gasteiger partial charge in [-0.15, -0.1) is 0 Å². The number of methoxy groups -OCH3 is 1. The minimum atomic E-state index is -2.26. The van der Waals surface area contributed by atoms with Crippen molar-refractivity contribution in [2.75, 3.05) is 14.2 Å². The van der Waals surface area contributed by atoms with Crippen LogP contribution >= 0.6 is 0 Å². The van der Waals surface area contributed by atoms with Crippen LogP contribution in [0.1, 0.15) is 123 Å². The van der Waals surface area contributed by atoms with E-state index in [1.165, 1.54) is 19.8 Å². The van der Waals surface area contributed by atoms with Gasteiger partial charge in [-0.1, -0.05) is 133 Å². The van der Waals surface area contributed by atoms with Gasteiger partial charge in [-0.2, -0.15) is 0 Å². The lowest BCUT2D eigenvalue weighted by atomic mass is 9.81. The van der Waals surface area contributed by atoms with Gasteiger partial charge in [0, 0.05) is 31.3 Å². The molecule has 0 fully saturated rings. The molecule has 12 atom stereocenters. The first-order valence-electron chi connectivity index (χ1n) is 22.2. The van der Waals surface area contributed by atoms with Crippen LogP contribution in [0.2, 0.25) is 36.3 Å². The Bertz CT molecular complexity index is 1420. The van der Waals surface area contributed by atoms with Gasteiger partial charge >= 0.3 is 6.09 Å². The van der Waals surface area contributed by atoms with Crippen molar-refractivity contribution < 1.29 is 42.7 Å². The number of primary amides is 1. The van der Waals surface area contributed by atoms with Crippen molar-refractivity contribution in [2.45, 2.75) is 190 Å². The molecule has 0 bridgehead atoms. The van der Waals surface area contributed by atoms with Crippen LogP contribution in [0.25, 0.3) is 0 Å². The number of hydroxylamine groups is 1. The maximum atomic E-state index is 13.3. The van der Waals surface area contributed by atoms with Gasteiger partial charge < -0.3 is 29.2 Å². The molecule has 0 aliphatic rings. The quantitative estimate of drug-likeness (QED) is 0.0437. The first-order valence-corrected chi connectivity index (χ1v) is 28.0. The van der Waals surface area contributed by atoms with Crippen LogP contribution in [0, 0.1) is 41.4 Å². The molecule has 0 aromatic heterocycles. The normalized spacial score (nSPS) is 19.7. The number of hydrogen-bond donors (Lipinski definition) is 3. The number of amides is 2. The molecule has 0 aromatic rings. The van der Waals surface area contributed by atoms with E-state index in [2.05, 4.69) is 140 Å². The molecule has 0 radical (unpaired) electrons. The Morgan fingerprint density at radius 1 is 0.717 bits per heavy atom. The number of rotatable bonds is 26. The van der Waals surface area contributed by atoms with E-state index in [1.807, 2.05) is 6.08 Å². The summed E-state index contributed by atoms with van der Waals surface area (Å²) in [5.74, 6) is -2.05. The van der Waals surface area contributed by atoms with E-state index in [4.69, 9.17) is 28.9 Å². The second-order valence-electron chi connectivity index (χ2n) is 20.6. The van der Waals surface area contributed by atoms with Crippen molar-refractivity contribution in [1.82, 2.24) is 5.48 Å². The van der Waals surface area contributed by atoms with Crippen molar-refractivity contribution in [1.29, 1.82) is 0 Å². The molecule has 0 saturated carbocycles. The SMILES string of the molecule is CC/C=C\C(C)[C@H](OC(N)=O)[C@@H](C)[C@H](O[Si](C)(C)C(C)(C)C)[C@@H](C)C/C(C)=C\[C@H](C)[C@@H](O[Si](C)(C)C(C)(C)C)C(C)/C=C\C(O)CC(=O)[C@H](C)C(OC)C(C)C(=O)NOC. The Labute approximate surface area is 368 Å². The van der Waals surface area contributed by atoms with Crippen LogP contribution < -0.4 is 11.2 Å². The molecule has 4 N–H and O–H groups in total. The summed E-state index contributed by atoms with van der Waals surface area (Å²) in [5.41, 5.74) is 9.17. The van der Waals surface area contributed by atoms with Gasteiger partial charge in [0.05, 0.1) is 37.4 Å². The summed E-state index contributed by atoms with van der Waals surface area (Å²) in [5, 5.41) is 11.0. The fourth-order valence-electron chi connectivity index (χ4n) is 7.42. The third kappa shape index (κ3) is 18.3. The first kappa shape index (κ1) is 57.9. The monoisotopic (exact) mass is 883 g/mol. The number of aliphatic hydroxyl groups excluding tert-OH is 1. The summed E-state index contributed by atoms with van der Waals surface area (Å²) in [6.07, 6.45) is 8.35. The molecule has 0 rings (SSSR count). The number of allylic oxidation sites excluding steroid dienone is 2. The highest BCUT2D eigenvalue weighted by Crippen LogP contribution is 2.42. The van der Waals surface area contributed by atoms with Crippen molar-refractivity contribution in [3.63, 3.8) is 0 Å². The van der Waals surface area contributed by atoms with Gasteiger partial charge in [-0.25, -0.2) is 10.3 Å². The molecule has 0 aliphatic carbocycles. The summed E-state index contributed by atoms with van der Waals surface area (Å²) in [4.78, 5) is 42.7. The molecule has 0 aromatic carbocycles. The average molecular weight is 883 g/mol. The Hall–Kier alpha value is -2.14. The number of ether oxygens (including phenoxy) is 2. The number of hydrogen-bond acceptors (Lipinski definition) is 9. The first-order chi connectivity index (χ1) is 27.3. The maximum absolute atomic E-state index is 13.3. The molecule has 350 valence electrons. The molecule has 11 nitrogen and oxygen atoms in total. The fourth-order valence-corrected chi connectivity index (χ4v) is 10.4. The molecule has 5 unspecified atom stereocenters. The van der Waals surface area contributed by atoms with Crippen LogP contribution in [0.15, 0.2) is 36.0 Å². The van der Waals surface area contributed by atoms with Crippen LogP contribution in [0.5, 0.6) is 0 Å². The van der Waals surface area contributed by atoms with Gasteiger partial charge in [-0.05, 0) is 73.8 Å². The molecule has 0 spiro atoms. The lowest BCUT2D eigenvalue weighted by Gasteiger charge is -2.45. The Morgan fingerprint density at radius 2 is 1.22 bits per heavy atom. The molecule has 2 amide bonds. The number of aliphatic hydroxyl groups is 1. The number of nitrogens with one attached hydrogen (secondary N) is 1. The number of ketones is 1. The van der Waals surface area contributed by atoms with E-state index in [9.17, 15) is 19.5 Å². The molecule has 60 heavy (non-hydrogen) atoms. The third-order valence-corrected chi connectivity index (χ3v) is 22.1. The fraction of sp³-hybridized carbons (Fsp3) is 0.809. The van der Waals surface area contributed by atoms with Gasteiger partial charge in [-0.3, -0.25) is 14.4 Å². The second kappa shape index (κ2) is 25.2. The van der Waals surface area contributed by atoms with E-state index < -0.39 is 52.9 Å². The highest BCUT2D eigenvalue weighted by atomic mass is 28.4. The summed E-state index contributed by atoms with van der Waals surface area (Å²) >= 11 is 0. The summed E-state index contributed by atoms with van der Waals surface area (Å²) < 4.78 is 25.8. The largest absolute Gasteiger partial charge is 0.445 e. The predicted molar refractivity (Wildman–Crippen MR) is 251 cm³/mol. The van der Waals surface area contributed by atoms with Crippen molar-refractivity contribution >= 4 is 34.4 Å². The average Bonchev–Trinajstić information content (AvgIpc) is 3.11. The molecular formula is C47H90N2O9Si2. The number of nitrogens with two attached hydrogens (primary N) is 1. The third-order valence-electron chi connectivity index (χ3n) is 13.2. The highest BCUT2D eigenvalue weighted by Gasteiger charge is 2.45. The summed E-state index contributed by atoms with van der Waals surface area (Å²) in [6.45, 7) is 40.8. The van der Waals surface area contributed by atoms with E-state index in [0.29, 0.717) is 0 Å². The Balaban J connectivity index is 6.71. The smallest absolute Gasteiger partial charge is 0.404 e. The molecule has 0 aliphatic heterocycles. The van der Waals surface area contributed by atoms with Crippen LogP contribution in [-0.4, -0.2) is 84.3 Å². The lowest BCUT2D eigenvalue weighted by molar-refractivity contribution is -0.143. The van der Waals surface area contributed by atoms with E-state index in [1.54, 1.807) is 19.9 Å². The number of Topliss-reactive ketones (excluding diaryl/α,β-unsaturated/α-hetero) is 1. The van der Waals surface area contributed by atoms with E-state index in [-0.39, 0.29) is 70.0 Å². The standard InChI is InChI=1S/C47H90N2O9Si2/c1-22-23-24-31(3)41(56-45(48)53)36(8)42(58-60(20,21)47(13,14)15)34(6)28-30(2)27-33(5)40(57-59(18,19)46(10,11)12)32(4)25-26-38(50)29-39(51)35(7)43(54-16)37(9)44(52)49-55-17/h23-27,31-38,40-43,50H,22,28-29H2,1-21H3,(H2,48,53)(H,49,52)/b24-23-,26-25-,30-27-/t31?,32?,33-,34-,35-,36+,37?,38?,40-,41-,42+,43?/m0/s1. The molecule has 13 heteroatoms. The predicted octanol–water partition coefficient (Wildman–Crippen LogP) is 10.6. The van der Waals surface area contributed by atoms with Crippen LogP contribution in [0.3, 0.4) is 0 Å². The topological polar surface area (TPSA) is 156 Å². The zero-order chi connectivity index (χ0) is 47.1. The second-order valence-corrected chi connectivity index (χ2v) is 30.1. The minimum absolute atomic E-state index is 0.00861. The van der Waals surface area contributed by atoms with Gasteiger partial charge in [0.1, 0.15) is 11.9 Å². The minimum Gasteiger partial charge on any atom is -0.445 e. The van der Waals surface area contributed by atoms with Crippen molar-refractivity contribution in [2.24, 2.45) is 47.2 Å². The van der Waals surface area contributed by atoms with Gasteiger partial charge in [0.2, 0.25) is 5.91 Å². The zero-order valence-corrected chi connectivity index (χ0v) is 43.7. The zero-order valence-electron chi connectivity index (χ0n) is 41.7. The highest BCUT2D eigenvalue weighted by molar-refractivity contribution is 6.74. The summed E-state index contributed by atoms with van der Waals surface area (Å²) in [7, 11) is -1.69. The molecular weight excluding hydrogens is 793 g/mol.